The van der Waals surface area contributed by atoms with Crippen LogP contribution < -0.4 is 5.32 Å². The predicted octanol–water partition coefficient (Wildman–Crippen LogP) is 1.24. The fourth-order valence-electron chi connectivity index (χ4n) is 2.52. The molecule has 2 rings (SSSR count). The Morgan fingerprint density at radius 2 is 2.10 bits per heavy atom. The maximum absolute atomic E-state index is 12.6. The maximum Gasteiger partial charge on any atom is 0.248 e. The number of carbonyl (C=O) groups is 2. The van der Waals surface area contributed by atoms with Gasteiger partial charge in [0, 0.05) is 0 Å². The van der Waals surface area contributed by atoms with E-state index >= 15 is 0 Å². The lowest BCUT2D eigenvalue weighted by molar-refractivity contribution is -0.156. The van der Waals surface area contributed by atoms with Crippen LogP contribution in [0.15, 0.2) is 10.6 Å². The van der Waals surface area contributed by atoms with Crippen molar-refractivity contribution in [2.45, 2.75) is 52.7 Å². The Kier molecular flexibility index (Phi) is 3.58. The molecule has 20 heavy (non-hydrogen) atoms. The minimum absolute atomic E-state index is 0.0195. The molecule has 1 fully saturated rings. The Bertz CT molecular complexity index is 534. The van der Waals surface area contributed by atoms with Crippen LogP contribution in [0.3, 0.4) is 0 Å². The number of nitrogens with one attached hydrogen (secondary N) is 1. The van der Waals surface area contributed by atoms with Crippen molar-refractivity contribution >= 4 is 11.8 Å². The normalized spacial score (nSPS) is 22.3. The van der Waals surface area contributed by atoms with E-state index in [1.54, 1.807) is 31.9 Å². The molecule has 110 valence electrons. The summed E-state index contributed by atoms with van der Waals surface area (Å²) in [5, 5.41) is 2.78. The standard InChI is InChI=1S/C14H21N3O3/c1-8(2)11-12(18)16-14(4,5)13(19)17(11)7-10-15-6-9(3)20-10/h6,8,11H,7H2,1-5H3,(H,16,18). The quantitative estimate of drug-likeness (QED) is 0.903. The first kappa shape index (κ1) is 14.6. The zero-order valence-electron chi connectivity index (χ0n) is 12.6. The van der Waals surface area contributed by atoms with Gasteiger partial charge in [-0.2, -0.15) is 0 Å². The van der Waals surface area contributed by atoms with Crippen LogP contribution in [0, 0.1) is 12.8 Å². The number of aromatic nitrogens is 1. The minimum atomic E-state index is -0.899. The van der Waals surface area contributed by atoms with Gasteiger partial charge < -0.3 is 14.6 Å². The Hall–Kier alpha value is -1.85. The Balaban J connectivity index is 2.32. The summed E-state index contributed by atoms with van der Waals surface area (Å²) < 4.78 is 5.43. The summed E-state index contributed by atoms with van der Waals surface area (Å²) in [5.41, 5.74) is -0.899. The first-order chi connectivity index (χ1) is 9.22. The average molecular weight is 279 g/mol. The lowest BCUT2D eigenvalue weighted by Crippen LogP contribution is -2.68. The molecule has 0 aromatic carbocycles. The molecule has 1 aliphatic rings. The molecule has 0 spiro atoms. The van der Waals surface area contributed by atoms with Crippen LogP contribution in [-0.2, 0) is 16.1 Å². The number of carbonyl (C=O) groups excluding carboxylic acids is 2. The third-order valence-corrected chi connectivity index (χ3v) is 3.44. The van der Waals surface area contributed by atoms with Crippen LogP contribution in [-0.4, -0.2) is 33.3 Å². The molecule has 6 heteroatoms. The molecule has 2 amide bonds. The van der Waals surface area contributed by atoms with E-state index in [1.165, 1.54) is 0 Å². The number of oxazole rings is 1. The minimum Gasteiger partial charge on any atom is -0.444 e. The van der Waals surface area contributed by atoms with Crippen molar-refractivity contribution in [2.75, 3.05) is 0 Å². The summed E-state index contributed by atoms with van der Waals surface area (Å²) >= 11 is 0. The first-order valence-corrected chi connectivity index (χ1v) is 6.77. The molecule has 1 atom stereocenters. The van der Waals surface area contributed by atoms with E-state index in [2.05, 4.69) is 10.3 Å². The largest absolute Gasteiger partial charge is 0.444 e. The second kappa shape index (κ2) is 4.92. The van der Waals surface area contributed by atoms with Crippen molar-refractivity contribution in [3.63, 3.8) is 0 Å². The number of rotatable bonds is 3. The molecule has 1 aliphatic heterocycles. The van der Waals surface area contributed by atoms with Crippen molar-refractivity contribution in [3.05, 3.63) is 17.8 Å². The second-order valence-electron chi connectivity index (χ2n) is 6.10. The van der Waals surface area contributed by atoms with E-state index in [9.17, 15) is 9.59 Å². The molecule has 1 aromatic rings. The Labute approximate surface area is 118 Å². The van der Waals surface area contributed by atoms with Gasteiger partial charge in [-0.1, -0.05) is 13.8 Å². The zero-order chi connectivity index (χ0) is 15.1. The molecule has 0 aliphatic carbocycles. The van der Waals surface area contributed by atoms with Crippen molar-refractivity contribution < 1.29 is 14.0 Å². The monoisotopic (exact) mass is 279 g/mol. The number of hydrogen-bond acceptors (Lipinski definition) is 4. The topological polar surface area (TPSA) is 75.4 Å². The summed E-state index contributed by atoms with van der Waals surface area (Å²) in [7, 11) is 0. The molecule has 1 aromatic heterocycles. The van der Waals surface area contributed by atoms with Crippen LogP contribution in [0.5, 0.6) is 0 Å². The van der Waals surface area contributed by atoms with Gasteiger partial charge in [0.2, 0.25) is 17.7 Å². The van der Waals surface area contributed by atoms with E-state index < -0.39 is 11.6 Å². The summed E-state index contributed by atoms with van der Waals surface area (Å²) in [6.45, 7) is 9.26. The van der Waals surface area contributed by atoms with E-state index in [0.717, 1.165) is 0 Å². The molecule has 0 bridgehead atoms. The molecular formula is C14H21N3O3. The smallest absolute Gasteiger partial charge is 0.248 e. The summed E-state index contributed by atoms with van der Waals surface area (Å²) in [5.74, 6) is 0.909. The molecule has 1 unspecified atom stereocenters. The highest BCUT2D eigenvalue weighted by Gasteiger charge is 2.46. The van der Waals surface area contributed by atoms with Crippen LogP contribution in [0.4, 0.5) is 0 Å². The molecule has 1 N–H and O–H groups in total. The van der Waals surface area contributed by atoms with Gasteiger partial charge in [0.25, 0.3) is 0 Å². The van der Waals surface area contributed by atoms with E-state index in [4.69, 9.17) is 4.42 Å². The van der Waals surface area contributed by atoms with Crippen molar-refractivity contribution in [2.24, 2.45) is 5.92 Å². The van der Waals surface area contributed by atoms with Gasteiger partial charge in [0.15, 0.2) is 0 Å². The van der Waals surface area contributed by atoms with Crippen molar-refractivity contribution in [1.82, 2.24) is 15.2 Å². The van der Waals surface area contributed by atoms with Crippen LogP contribution in [0.1, 0.15) is 39.3 Å². The predicted molar refractivity (Wildman–Crippen MR) is 72.6 cm³/mol. The second-order valence-corrected chi connectivity index (χ2v) is 6.10. The Morgan fingerprint density at radius 3 is 2.60 bits per heavy atom. The molecule has 6 nitrogen and oxygen atoms in total. The van der Waals surface area contributed by atoms with E-state index in [-0.39, 0.29) is 24.3 Å². The van der Waals surface area contributed by atoms with Crippen LogP contribution in [0.25, 0.3) is 0 Å². The zero-order valence-corrected chi connectivity index (χ0v) is 12.6. The highest BCUT2D eigenvalue weighted by Crippen LogP contribution is 2.24. The van der Waals surface area contributed by atoms with Gasteiger partial charge in [-0.3, -0.25) is 9.59 Å². The summed E-state index contributed by atoms with van der Waals surface area (Å²) in [6, 6.07) is -0.497. The van der Waals surface area contributed by atoms with E-state index in [1.807, 2.05) is 13.8 Å². The third-order valence-electron chi connectivity index (χ3n) is 3.44. The highest BCUT2D eigenvalue weighted by molar-refractivity contribution is 5.99. The molecule has 2 heterocycles. The number of amides is 2. The van der Waals surface area contributed by atoms with Gasteiger partial charge in [-0.15, -0.1) is 0 Å². The van der Waals surface area contributed by atoms with Gasteiger partial charge in [0.1, 0.15) is 17.3 Å². The van der Waals surface area contributed by atoms with Gasteiger partial charge in [0.05, 0.1) is 12.7 Å². The molecule has 1 saturated heterocycles. The molecular weight excluding hydrogens is 258 g/mol. The van der Waals surface area contributed by atoms with Gasteiger partial charge in [-0.05, 0) is 26.7 Å². The molecule has 0 radical (unpaired) electrons. The lowest BCUT2D eigenvalue weighted by atomic mass is 9.91. The lowest BCUT2D eigenvalue weighted by Gasteiger charge is -2.43. The number of hydrogen-bond donors (Lipinski definition) is 1. The van der Waals surface area contributed by atoms with Crippen molar-refractivity contribution in [1.29, 1.82) is 0 Å². The van der Waals surface area contributed by atoms with Gasteiger partial charge >= 0.3 is 0 Å². The Morgan fingerprint density at radius 1 is 1.45 bits per heavy atom. The number of aryl methyl sites for hydroxylation is 1. The maximum atomic E-state index is 12.6. The van der Waals surface area contributed by atoms with E-state index in [0.29, 0.717) is 11.7 Å². The van der Waals surface area contributed by atoms with Gasteiger partial charge in [-0.25, -0.2) is 4.98 Å². The SMILES string of the molecule is Cc1cnc(CN2C(=O)C(C)(C)NC(=O)C2C(C)C)o1. The summed E-state index contributed by atoms with van der Waals surface area (Å²) in [4.78, 5) is 30.5. The van der Waals surface area contributed by atoms with Crippen molar-refractivity contribution in [3.8, 4) is 0 Å². The fourth-order valence-corrected chi connectivity index (χ4v) is 2.52. The average Bonchev–Trinajstić information content (AvgIpc) is 2.70. The fraction of sp³-hybridized carbons (Fsp3) is 0.643. The highest BCUT2D eigenvalue weighted by atomic mass is 16.4. The van der Waals surface area contributed by atoms with Crippen LogP contribution >= 0.6 is 0 Å². The first-order valence-electron chi connectivity index (χ1n) is 6.77. The number of nitrogens with zero attached hydrogens (tertiary/aromatic N) is 2. The number of piperazine rings is 1. The van der Waals surface area contributed by atoms with Crippen LogP contribution in [0.2, 0.25) is 0 Å². The summed E-state index contributed by atoms with van der Waals surface area (Å²) in [6.07, 6.45) is 1.61. The third kappa shape index (κ3) is 2.55. The molecule has 0 saturated carbocycles.